The molecule has 102 valence electrons. The average molecular weight is 271 g/mol. The van der Waals surface area contributed by atoms with Crippen LogP contribution in [0.15, 0.2) is 12.3 Å². The molecule has 3 N–H and O–H groups in total. The third-order valence-electron chi connectivity index (χ3n) is 2.78. The molecule has 5 nitrogen and oxygen atoms in total. The van der Waals surface area contributed by atoms with Crippen LogP contribution in [0.3, 0.4) is 0 Å². The van der Waals surface area contributed by atoms with Crippen molar-refractivity contribution in [3.8, 4) is 0 Å². The van der Waals surface area contributed by atoms with Crippen molar-refractivity contribution in [2.24, 2.45) is 0 Å². The topological polar surface area (TPSA) is 77.1 Å². The van der Waals surface area contributed by atoms with E-state index in [4.69, 9.17) is 5.73 Å². The van der Waals surface area contributed by atoms with Crippen LogP contribution in [-0.4, -0.2) is 32.7 Å². The molecular formula is C12H21N3O2S. The molecule has 0 saturated carbocycles. The number of hydrogen-bond donors (Lipinski definition) is 2. The first-order valence-electron chi connectivity index (χ1n) is 5.90. The van der Waals surface area contributed by atoms with E-state index in [-0.39, 0.29) is 17.2 Å². The molecule has 0 saturated heterocycles. The second-order valence-corrected chi connectivity index (χ2v) is 6.48. The molecule has 18 heavy (non-hydrogen) atoms. The van der Waals surface area contributed by atoms with Gasteiger partial charge in [0, 0.05) is 41.1 Å². The minimum absolute atomic E-state index is 0.0613. The normalized spacial score (nSPS) is 14.5. The molecule has 0 aliphatic heterocycles. The molecule has 1 heterocycles. The quantitative estimate of drug-likeness (QED) is 0.843. The Morgan fingerprint density at radius 1 is 1.50 bits per heavy atom. The summed E-state index contributed by atoms with van der Waals surface area (Å²) >= 11 is 0. The number of nitrogens with one attached hydrogen (secondary N) is 1. The highest BCUT2D eigenvalue weighted by molar-refractivity contribution is 7.84. The van der Waals surface area contributed by atoms with Crippen molar-refractivity contribution in [3.05, 3.63) is 18.0 Å². The maximum Gasteiger partial charge on any atom is 0.268 e. The van der Waals surface area contributed by atoms with E-state index < -0.39 is 10.8 Å². The van der Waals surface area contributed by atoms with E-state index in [0.29, 0.717) is 17.9 Å². The van der Waals surface area contributed by atoms with Crippen molar-refractivity contribution in [3.63, 3.8) is 0 Å². The number of hydrogen-bond acceptors (Lipinski definition) is 3. The van der Waals surface area contributed by atoms with E-state index in [9.17, 15) is 9.00 Å². The predicted octanol–water partition coefficient (Wildman–Crippen LogP) is 1.15. The molecule has 2 atom stereocenters. The smallest absolute Gasteiger partial charge is 0.268 e. The predicted molar refractivity (Wildman–Crippen MR) is 75.1 cm³/mol. The first kappa shape index (κ1) is 14.8. The van der Waals surface area contributed by atoms with Crippen LogP contribution in [0.2, 0.25) is 0 Å². The number of aromatic nitrogens is 1. The van der Waals surface area contributed by atoms with Crippen LogP contribution >= 0.6 is 0 Å². The summed E-state index contributed by atoms with van der Waals surface area (Å²) in [6.45, 7) is 6.21. The SMILES string of the molecule is CC(C)n1cc(N)cc1C(=O)NCC(C)S(C)=O. The van der Waals surface area contributed by atoms with Gasteiger partial charge in [0.15, 0.2) is 0 Å². The summed E-state index contributed by atoms with van der Waals surface area (Å²) in [5.41, 5.74) is 6.82. The van der Waals surface area contributed by atoms with Crippen LogP contribution in [0.4, 0.5) is 5.69 Å². The van der Waals surface area contributed by atoms with Crippen LogP contribution in [0.1, 0.15) is 37.3 Å². The van der Waals surface area contributed by atoms with Crippen molar-refractivity contribution in [1.82, 2.24) is 9.88 Å². The van der Waals surface area contributed by atoms with E-state index in [1.165, 1.54) is 0 Å². The van der Waals surface area contributed by atoms with Gasteiger partial charge in [-0.05, 0) is 26.8 Å². The lowest BCUT2D eigenvalue weighted by molar-refractivity contribution is 0.0943. The molecule has 1 amide bonds. The van der Waals surface area contributed by atoms with Crippen LogP contribution < -0.4 is 11.1 Å². The molecule has 0 aliphatic carbocycles. The minimum atomic E-state index is -0.938. The fourth-order valence-electron chi connectivity index (χ4n) is 1.55. The number of anilines is 1. The summed E-state index contributed by atoms with van der Waals surface area (Å²) in [4.78, 5) is 12.0. The second-order valence-electron chi connectivity index (χ2n) is 4.68. The standard InChI is InChI=1S/C12H21N3O2S/c1-8(2)15-7-10(13)5-11(15)12(16)14-6-9(3)18(4)17/h5,7-9H,6,13H2,1-4H3,(H,14,16). The monoisotopic (exact) mass is 271 g/mol. The molecule has 1 aromatic rings. The summed E-state index contributed by atoms with van der Waals surface area (Å²) < 4.78 is 13.0. The summed E-state index contributed by atoms with van der Waals surface area (Å²) in [5, 5.41) is 2.72. The maximum atomic E-state index is 12.0. The van der Waals surface area contributed by atoms with Crippen molar-refractivity contribution in [2.45, 2.75) is 32.1 Å². The van der Waals surface area contributed by atoms with Gasteiger partial charge in [-0.2, -0.15) is 0 Å². The number of nitrogen functional groups attached to an aromatic ring is 1. The Balaban J connectivity index is 2.75. The Kier molecular flexibility index (Phi) is 4.95. The summed E-state index contributed by atoms with van der Waals surface area (Å²) in [7, 11) is -0.938. The Labute approximate surface area is 110 Å². The number of carbonyl (C=O) groups excluding carboxylic acids is 1. The number of rotatable bonds is 5. The molecule has 1 rings (SSSR count). The van der Waals surface area contributed by atoms with E-state index in [0.717, 1.165) is 0 Å². The first-order valence-corrected chi connectivity index (χ1v) is 7.52. The van der Waals surface area contributed by atoms with Crippen molar-refractivity contribution in [1.29, 1.82) is 0 Å². The zero-order valence-electron chi connectivity index (χ0n) is 11.3. The van der Waals surface area contributed by atoms with Crippen LogP contribution in [0.5, 0.6) is 0 Å². The fraction of sp³-hybridized carbons (Fsp3) is 0.583. The summed E-state index contributed by atoms with van der Waals surface area (Å²) in [5.74, 6) is -0.183. The molecular weight excluding hydrogens is 250 g/mol. The maximum absolute atomic E-state index is 12.0. The fourth-order valence-corrected chi connectivity index (χ4v) is 1.87. The molecule has 6 heteroatoms. The largest absolute Gasteiger partial charge is 0.397 e. The number of amides is 1. The van der Waals surface area contributed by atoms with Gasteiger partial charge >= 0.3 is 0 Å². The highest BCUT2D eigenvalue weighted by Gasteiger charge is 2.16. The highest BCUT2D eigenvalue weighted by atomic mass is 32.2. The van der Waals surface area contributed by atoms with Crippen molar-refractivity contribution >= 4 is 22.4 Å². The van der Waals surface area contributed by atoms with Crippen molar-refractivity contribution in [2.75, 3.05) is 18.5 Å². The van der Waals surface area contributed by atoms with E-state index >= 15 is 0 Å². The van der Waals surface area contributed by atoms with Gasteiger partial charge in [-0.1, -0.05) is 0 Å². The molecule has 0 radical (unpaired) electrons. The summed E-state index contributed by atoms with van der Waals surface area (Å²) in [6, 6.07) is 1.82. The lowest BCUT2D eigenvalue weighted by atomic mass is 10.3. The van der Waals surface area contributed by atoms with Gasteiger partial charge < -0.3 is 15.6 Å². The molecule has 0 fully saturated rings. The lowest BCUT2D eigenvalue weighted by Crippen LogP contribution is -2.33. The second kappa shape index (κ2) is 6.04. The summed E-state index contributed by atoms with van der Waals surface area (Å²) in [6.07, 6.45) is 3.38. The third-order valence-corrected chi connectivity index (χ3v) is 4.08. The average Bonchev–Trinajstić information content (AvgIpc) is 2.67. The van der Waals surface area contributed by atoms with E-state index in [2.05, 4.69) is 5.32 Å². The molecule has 0 spiro atoms. The molecule has 2 unspecified atom stereocenters. The lowest BCUT2D eigenvalue weighted by Gasteiger charge is -2.14. The van der Waals surface area contributed by atoms with Gasteiger partial charge in [-0.3, -0.25) is 9.00 Å². The third kappa shape index (κ3) is 3.60. The zero-order valence-corrected chi connectivity index (χ0v) is 12.1. The van der Waals surface area contributed by atoms with Gasteiger partial charge in [0.05, 0.1) is 5.69 Å². The molecule has 0 aromatic carbocycles. The van der Waals surface area contributed by atoms with Crippen LogP contribution in [-0.2, 0) is 10.8 Å². The van der Waals surface area contributed by atoms with Gasteiger partial charge in [0.2, 0.25) is 0 Å². The first-order chi connectivity index (χ1) is 8.32. The Hall–Kier alpha value is -1.30. The molecule has 0 bridgehead atoms. The van der Waals surface area contributed by atoms with Gasteiger partial charge in [-0.15, -0.1) is 0 Å². The van der Waals surface area contributed by atoms with E-state index in [1.807, 2.05) is 25.3 Å². The van der Waals surface area contributed by atoms with Gasteiger partial charge in [-0.25, -0.2) is 0 Å². The van der Waals surface area contributed by atoms with Gasteiger partial charge in [0.1, 0.15) is 5.69 Å². The van der Waals surface area contributed by atoms with E-state index in [1.54, 1.807) is 18.5 Å². The zero-order chi connectivity index (χ0) is 13.9. The number of carbonyl (C=O) groups is 1. The van der Waals surface area contributed by atoms with Crippen molar-refractivity contribution < 1.29 is 9.00 Å². The molecule has 1 aromatic heterocycles. The van der Waals surface area contributed by atoms with Crippen LogP contribution in [0.25, 0.3) is 0 Å². The number of nitrogens with two attached hydrogens (primary N) is 1. The minimum Gasteiger partial charge on any atom is -0.397 e. The van der Waals surface area contributed by atoms with Crippen LogP contribution in [0, 0.1) is 0 Å². The Morgan fingerprint density at radius 2 is 2.11 bits per heavy atom. The molecule has 0 aliphatic rings. The number of nitrogens with zero attached hydrogens (tertiary/aromatic N) is 1. The Bertz CT molecular complexity index is 454. The highest BCUT2D eigenvalue weighted by Crippen LogP contribution is 2.16. The Morgan fingerprint density at radius 3 is 2.61 bits per heavy atom. The van der Waals surface area contributed by atoms with Gasteiger partial charge in [0.25, 0.3) is 5.91 Å².